The van der Waals surface area contributed by atoms with Crippen molar-refractivity contribution in [2.75, 3.05) is 6.54 Å². The zero-order valence-electron chi connectivity index (χ0n) is 6.91. The van der Waals surface area contributed by atoms with Crippen LogP contribution in [-0.4, -0.2) is 34.5 Å². The Morgan fingerprint density at radius 1 is 1.50 bits per heavy atom. The lowest BCUT2D eigenvalue weighted by Gasteiger charge is -2.32. The Kier molecular flexibility index (Phi) is 1.26. The first kappa shape index (κ1) is 7.58. The zero-order valence-corrected chi connectivity index (χ0v) is 6.91. The highest BCUT2D eigenvalue weighted by Crippen LogP contribution is 2.51. The van der Waals surface area contributed by atoms with E-state index in [0.717, 1.165) is 0 Å². The van der Waals surface area contributed by atoms with Crippen molar-refractivity contribution in [1.82, 2.24) is 4.90 Å². The summed E-state index contributed by atoms with van der Waals surface area (Å²) < 4.78 is 0. The number of hydrogen-bond donors (Lipinski definition) is 1. The number of fused-ring (bicyclic) bond motifs is 1. The van der Waals surface area contributed by atoms with Crippen LogP contribution in [0.5, 0.6) is 0 Å². The smallest absolute Gasteiger partial charge is 0.311 e. The number of carboxylic acid groups (broad SMARTS) is 1. The van der Waals surface area contributed by atoms with Gasteiger partial charge in [-0.15, -0.1) is 0 Å². The van der Waals surface area contributed by atoms with Crippen LogP contribution in [0.15, 0.2) is 0 Å². The number of amides is 1. The van der Waals surface area contributed by atoms with E-state index in [0.29, 0.717) is 19.4 Å². The maximum Gasteiger partial charge on any atom is 0.311 e. The lowest BCUT2D eigenvalue weighted by Crippen LogP contribution is -2.40. The molecule has 0 unspecified atom stereocenters. The molecule has 2 aliphatic heterocycles. The highest BCUT2D eigenvalue weighted by molar-refractivity contribution is 5.82. The third kappa shape index (κ3) is 0.722. The normalized spacial score (nSPS) is 37.8. The topological polar surface area (TPSA) is 57.6 Å². The summed E-state index contributed by atoms with van der Waals surface area (Å²) in [6.07, 6.45) is 1.31. The van der Waals surface area contributed by atoms with Crippen LogP contribution in [0.1, 0.15) is 19.8 Å². The SMILES string of the molecule is CC(=O)N1CC2(C(=O)O)CC1C2. The van der Waals surface area contributed by atoms with Gasteiger partial charge < -0.3 is 10.0 Å². The predicted octanol–water partition coefficient (Wildman–Crippen LogP) is 0.0819. The number of hydrogen-bond acceptors (Lipinski definition) is 2. The van der Waals surface area contributed by atoms with Crippen LogP contribution in [-0.2, 0) is 9.59 Å². The molecule has 12 heavy (non-hydrogen) atoms. The van der Waals surface area contributed by atoms with Crippen molar-refractivity contribution in [3.05, 3.63) is 0 Å². The molecule has 3 rings (SSSR count). The molecule has 4 heteroatoms. The molecule has 0 aromatic heterocycles. The molecule has 0 aromatic carbocycles. The molecule has 3 aliphatic rings. The molecule has 1 N–H and O–H groups in total. The highest BCUT2D eigenvalue weighted by atomic mass is 16.4. The minimum absolute atomic E-state index is 0.000579. The molecule has 1 saturated carbocycles. The van der Waals surface area contributed by atoms with Crippen molar-refractivity contribution in [2.45, 2.75) is 25.8 Å². The van der Waals surface area contributed by atoms with Crippen LogP contribution in [0.2, 0.25) is 0 Å². The summed E-state index contributed by atoms with van der Waals surface area (Å²) in [5, 5.41) is 8.87. The van der Waals surface area contributed by atoms with Gasteiger partial charge >= 0.3 is 5.97 Å². The summed E-state index contributed by atoms with van der Waals surface area (Å²) in [6, 6.07) is 0.207. The van der Waals surface area contributed by atoms with Crippen molar-refractivity contribution >= 4 is 11.9 Å². The molecule has 1 amide bonds. The Bertz CT molecular complexity index is 255. The third-order valence-corrected chi connectivity index (χ3v) is 3.02. The number of carbonyl (C=O) groups excluding carboxylic acids is 1. The molecule has 3 fully saturated rings. The average molecular weight is 169 g/mol. The first-order valence-corrected chi connectivity index (χ1v) is 4.06. The van der Waals surface area contributed by atoms with Crippen molar-refractivity contribution in [1.29, 1.82) is 0 Å². The Morgan fingerprint density at radius 3 is 2.33 bits per heavy atom. The second-order valence-corrected chi connectivity index (χ2v) is 3.79. The van der Waals surface area contributed by atoms with Crippen LogP contribution >= 0.6 is 0 Å². The van der Waals surface area contributed by atoms with Gasteiger partial charge in [0, 0.05) is 19.5 Å². The first-order valence-electron chi connectivity index (χ1n) is 4.06. The Morgan fingerprint density at radius 2 is 2.08 bits per heavy atom. The lowest BCUT2D eigenvalue weighted by atomic mass is 9.70. The molecule has 2 heterocycles. The molecule has 2 saturated heterocycles. The molecule has 0 aromatic rings. The fourth-order valence-electron chi connectivity index (χ4n) is 2.26. The number of nitrogens with zero attached hydrogens (tertiary/aromatic N) is 1. The van der Waals surface area contributed by atoms with Gasteiger partial charge in [0.1, 0.15) is 0 Å². The molecule has 1 aliphatic carbocycles. The van der Waals surface area contributed by atoms with Gasteiger partial charge in [0.15, 0.2) is 0 Å². The lowest BCUT2D eigenvalue weighted by molar-refractivity contribution is -0.151. The Labute approximate surface area is 70.2 Å². The first-order chi connectivity index (χ1) is 5.55. The monoisotopic (exact) mass is 169 g/mol. The molecule has 0 radical (unpaired) electrons. The molecule has 0 atom stereocenters. The summed E-state index contributed by atoms with van der Waals surface area (Å²) >= 11 is 0. The van der Waals surface area contributed by atoms with Gasteiger partial charge in [-0.1, -0.05) is 0 Å². The number of carbonyl (C=O) groups is 2. The van der Waals surface area contributed by atoms with Crippen molar-refractivity contribution in [2.24, 2.45) is 5.41 Å². The third-order valence-electron chi connectivity index (χ3n) is 3.02. The van der Waals surface area contributed by atoms with Gasteiger partial charge in [0.05, 0.1) is 5.41 Å². The quantitative estimate of drug-likeness (QED) is 0.604. The van der Waals surface area contributed by atoms with E-state index in [9.17, 15) is 9.59 Å². The van der Waals surface area contributed by atoms with E-state index in [1.807, 2.05) is 0 Å². The van der Waals surface area contributed by atoms with Crippen LogP contribution in [0.25, 0.3) is 0 Å². The van der Waals surface area contributed by atoms with Crippen LogP contribution in [0, 0.1) is 5.41 Å². The molecule has 0 spiro atoms. The zero-order chi connectivity index (χ0) is 8.93. The Balaban J connectivity index is 2.15. The standard InChI is InChI=1S/C8H11NO3/c1-5(10)9-4-8(7(11)12)2-6(9)3-8/h6H,2-4H2,1H3,(H,11,12). The van der Waals surface area contributed by atoms with E-state index in [-0.39, 0.29) is 11.9 Å². The minimum Gasteiger partial charge on any atom is -0.481 e. The fraction of sp³-hybridized carbons (Fsp3) is 0.750. The molecular formula is C8H11NO3. The second kappa shape index (κ2) is 2.00. The second-order valence-electron chi connectivity index (χ2n) is 3.79. The fourth-order valence-corrected chi connectivity index (χ4v) is 2.26. The summed E-state index contributed by atoms with van der Waals surface area (Å²) in [7, 11) is 0. The van der Waals surface area contributed by atoms with Gasteiger partial charge in [0.25, 0.3) is 0 Å². The van der Waals surface area contributed by atoms with Gasteiger partial charge in [-0.3, -0.25) is 9.59 Å². The molecular weight excluding hydrogens is 158 g/mol. The van der Waals surface area contributed by atoms with E-state index in [1.54, 1.807) is 4.90 Å². The van der Waals surface area contributed by atoms with E-state index >= 15 is 0 Å². The predicted molar refractivity (Wildman–Crippen MR) is 40.5 cm³/mol. The van der Waals surface area contributed by atoms with Gasteiger partial charge in [-0.05, 0) is 12.8 Å². The maximum absolute atomic E-state index is 11.0. The van der Waals surface area contributed by atoms with Crippen LogP contribution in [0.4, 0.5) is 0 Å². The summed E-state index contributed by atoms with van der Waals surface area (Å²) in [6.45, 7) is 1.92. The molecule has 2 bridgehead atoms. The number of rotatable bonds is 1. The molecule has 4 nitrogen and oxygen atoms in total. The summed E-state index contributed by atoms with van der Waals surface area (Å²) in [4.78, 5) is 23.4. The van der Waals surface area contributed by atoms with E-state index in [4.69, 9.17) is 5.11 Å². The van der Waals surface area contributed by atoms with Crippen molar-refractivity contribution in [3.8, 4) is 0 Å². The van der Waals surface area contributed by atoms with E-state index in [2.05, 4.69) is 0 Å². The maximum atomic E-state index is 11.0. The van der Waals surface area contributed by atoms with Gasteiger partial charge in [-0.25, -0.2) is 0 Å². The van der Waals surface area contributed by atoms with Crippen LogP contribution in [0.3, 0.4) is 0 Å². The summed E-state index contributed by atoms with van der Waals surface area (Å²) in [5.41, 5.74) is -0.587. The van der Waals surface area contributed by atoms with E-state index < -0.39 is 11.4 Å². The van der Waals surface area contributed by atoms with Gasteiger partial charge in [-0.2, -0.15) is 0 Å². The average Bonchev–Trinajstić information content (AvgIpc) is 2.36. The number of aliphatic carboxylic acids is 1. The van der Waals surface area contributed by atoms with Crippen molar-refractivity contribution in [3.63, 3.8) is 0 Å². The molecule has 66 valence electrons. The van der Waals surface area contributed by atoms with Crippen LogP contribution < -0.4 is 0 Å². The van der Waals surface area contributed by atoms with Gasteiger partial charge in [0.2, 0.25) is 5.91 Å². The van der Waals surface area contributed by atoms with E-state index in [1.165, 1.54) is 6.92 Å². The van der Waals surface area contributed by atoms with Crippen molar-refractivity contribution < 1.29 is 14.7 Å². The highest BCUT2D eigenvalue weighted by Gasteiger charge is 2.60. The summed E-state index contributed by atoms with van der Waals surface area (Å²) in [5.74, 6) is -0.747. The Hall–Kier alpha value is -1.06. The number of carboxylic acids is 1. The minimum atomic E-state index is -0.748. The largest absolute Gasteiger partial charge is 0.481 e.